The molecule has 1 atom stereocenters. The van der Waals surface area contributed by atoms with Crippen LogP contribution in [0.4, 0.5) is 5.69 Å². The standard InChI is InChI=1S/C16H24N2O4/c1-5-21-14-9-12(10-19)8-13-15(14)22-11(2)16(20)18(13)7-6-17(3)4/h8-9,11,19H,5-7,10H2,1-4H3. The lowest BCUT2D eigenvalue weighted by molar-refractivity contribution is -0.125. The summed E-state index contributed by atoms with van der Waals surface area (Å²) in [6.07, 6.45) is -0.547. The van der Waals surface area contributed by atoms with Crippen molar-refractivity contribution in [1.29, 1.82) is 0 Å². The average molecular weight is 308 g/mol. The predicted octanol–water partition coefficient (Wildman–Crippen LogP) is 1.25. The van der Waals surface area contributed by atoms with E-state index < -0.39 is 6.10 Å². The fourth-order valence-electron chi connectivity index (χ4n) is 2.41. The summed E-state index contributed by atoms with van der Waals surface area (Å²) in [7, 11) is 3.93. The SMILES string of the molecule is CCOc1cc(CO)cc2c1OC(C)C(=O)N2CCN(C)C. The van der Waals surface area contributed by atoms with Crippen molar-refractivity contribution >= 4 is 11.6 Å². The first kappa shape index (κ1) is 16.6. The molecule has 2 rings (SSSR count). The van der Waals surface area contributed by atoms with Crippen molar-refractivity contribution in [2.45, 2.75) is 26.6 Å². The summed E-state index contributed by atoms with van der Waals surface area (Å²) in [5, 5.41) is 9.45. The second-order valence-electron chi connectivity index (χ2n) is 5.59. The number of rotatable bonds is 6. The maximum absolute atomic E-state index is 12.4. The molecule has 1 N–H and O–H groups in total. The van der Waals surface area contributed by atoms with E-state index in [9.17, 15) is 9.90 Å². The van der Waals surface area contributed by atoms with Crippen LogP contribution in [0.15, 0.2) is 12.1 Å². The van der Waals surface area contributed by atoms with E-state index >= 15 is 0 Å². The van der Waals surface area contributed by atoms with E-state index in [1.807, 2.05) is 25.9 Å². The molecule has 122 valence electrons. The van der Waals surface area contributed by atoms with Gasteiger partial charge in [-0.15, -0.1) is 0 Å². The summed E-state index contributed by atoms with van der Waals surface area (Å²) in [6.45, 7) is 5.31. The molecule has 0 aliphatic carbocycles. The zero-order chi connectivity index (χ0) is 16.3. The number of fused-ring (bicyclic) bond motifs is 1. The van der Waals surface area contributed by atoms with E-state index in [-0.39, 0.29) is 12.5 Å². The fraction of sp³-hybridized carbons (Fsp3) is 0.562. The molecule has 1 aliphatic rings. The first-order valence-corrected chi connectivity index (χ1v) is 7.51. The highest BCUT2D eigenvalue weighted by Crippen LogP contribution is 2.43. The molecular formula is C16H24N2O4. The minimum absolute atomic E-state index is 0.0770. The van der Waals surface area contributed by atoms with E-state index in [0.717, 1.165) is 6.54 Å². The lowest BCUT2D eigenvalue weighted by Gasteiger charge is -2.34. The monoisotopic (exact) mass is 308 g/mol. The summed E-state index contributed by atoms with van der Waals surface area (Å²) < 4.78 is 11.4. The molecule has 0 spiro atoms. The van der Waals surface area contributed by atoms with Crippen LogP contribution in [-0.2, 0) is 11.4 Å². The van der Waals surface area contributed by atoms with Crippen molar-refractivity contribution in [1.82, 2.24) is 4.90 Å². The van der Waals surface area contributed by atoms with Gasteiger partial charge in [0.2, 0.25) is 0 Å². The summed E-state index contributed by atoms with van der Waals surface area (Å²) in [4.78, 5) is 16.2. The molecule has 1 unspecified atom stereocenters. The van der Waals surface area contributed by atoms with Crippen molar-refractivity contribution in [2.75, 3.05) is 38.7 Å². The Kier molecular flexibility index (Phi) is 5.26. The molecule has 22 heavy (non-hydrogen) atoms. The molecule has 1 aliphatic heterocycles. The molecule has 0 saturated heterocycles. The highest BCUT2D eigenvalue weighted by Gasteiger charge is 2.33. The van der Waals surface area contributed by atoms with E-state index in [2.05, 4.69) is 0 Å². The van der Waals surface area contributed by atoms with Crippen LogP contribution in [0, 0.1) is 0 Å². The summed E-state index contributed by atoms with van der Waals surface area (Å²) in [6, 6.07) is 3.55. The number of hydrogen-bond acceptors (Lipinski definition) is 5. The number of carbonyl (C=O) groups is 1. The molecule has 1 aromatic rings. The van der Waals surface area contributed by atoms with Crippen LogP contribution in [0.2, 0.25) is 0 Å². The van der Waals surface area contributed by atoms with Gasteiger partial charge >= 0.3 is 0 Å². The Morgan fingerprint density at radius 1 is 1.41 bits per heavy atom. The summed E-state index contributed by atoms with van der Waals surface area (Å²) in [5.74, 6) is 1.06. The molecule has 0 fully saturated rings. The third-order valence-electron chi connectivity index (χ3n) is 3.55. The molecule has 6 heteroatoms. The van der Waals surface area contributed by atoms with Crippen LogP contribution >= 0.6 is 0 Å². The third kappa shape index (κ3) is 3.34. The topological polar surface area (TPSA) is 62.2 Å². The van der Waals surface area contributed by atoms with Gasteiger partial charge < -0.3 is 24.4 Å². The van der Waals surface area contributed by atoms with Gasteiger partial charge in [-0.05, 0) is 45.6 Å². The number of ether oxygens (including phenoxy) is 2. The van der Waals surface area contributed by atoms with E-state index in [1.165, 1.54) is 0 Å². The van der Waals surface area contributed by atoms with Gasteiger partial charge in [-0.2, -0.15) is 0 Å². The second kappa shape index (κ2) is 6.98. The Balaban J connectivity index is 2.46. The van der Waals surface area contributed by atoms with Gasteiger partial charge in [0.15, 0.2) is 17.6 Å². The van der Waals surface area contributed by atoms with E-state index in [1.54, 1.807) is 24.0 Å². The van der Waals surface area contributed by atoms with Crippen LogP contribution in [0.25, 0.3) is 0 Å². The Bertz CT molecular complexity index is 545. The Labute approximate surface area is 131 Å². The number of nitrogens with zero attached hydrogens (tertiary/aromatic N) is 2. The van der Waals surface area contributed by atoms with Crippen molar-refractivity contribution in [3.8, 4) is 11.5 Å². The van der Waals surface area contributed by atoms with Gasteiger partial charge in [0.25, 0.3) is 5.91 Å². The summed E-state index contributed by atoms with van der Waals surface area (Å²) >= 11 is 0. The van der Waals surface area contributed by atoms with Crippen LogP contribution in [-0.4, -0.2) is 55.8 Å². The van der Waals surface area contributed by atoms with Crippen LogP contribution in [0.3, 0.4) is 0 Å². The maximum atomic E-state index is 12.4. The van der Waals surface area contributed by atoms with Crippen molar-refractivity contribution < 1.29 is 19.4 Å². The first-order valence-electron chi connectivity index (χ1n) is 7.51. The largest absolute Gasteiger partial charge is 0.490 e. The molecule has 0 aromatic heterocycles. The van der Waals surface area contributed by atoms with Gasteiger partial charge in [0.05, 0.1) is 18.9 Å². The van der Waals surface area contributed by atoms with Gasteiger partial charge in [-0.25, -0.2) is 0 Å². The number of likely N-dealkylation sites (N-methyl/N-ethyl adjacent to an activating group) is 1. The second-order valence-corrected chi connectivity index (χ2v) is 5.59. The zero-order valence-corrected chi connectivity index (χ0v) is 13.6. The quantitative estimate of drug-likeness (QED) is 0.857. The maximum Gasteiger partial charge on any atom is 0.267 e. The molecule has 1 amide bonds. The molecule has 0 bridgehead atoms. The highest BCUT2D eigenvalue weighted by atomic mass is 16.5. The van der Waals surface area contributed by atoms with E-state index in [4.69, 9.17) is 9.47 Å². The third-order valence-corrected chi connectivity index (χ3v) is 3.55. The molecule has 1 heterocycles. The average Bonchev–Trinajstić information content (AvgIpc) is 2.48. The molecule has 0 radical (unpaired) electrons. The molecule has 1 aromatic carbocycles. The lowest BCUT2D eigenvalue weighted by atomic mass is 10.1. The smallest absolute Gasteiger partial charge is 0.267 e. The van der Waals surface area contributed by atoms with E-state index in [0.29, 0.717) is 35.9 Å². The number of amides is 1. The van der Waals surface area contributed by atoms with Gasteiger partial charge in [-0.1, -0.05) is 0 Å². The molecular weight excluding hydrogens is 284 g/mol. The number of anilines is 1. The van der Waals surface area contributed by atoms with Crippen molar-refractivity contribution in [3.63, 3.8) is 0 Å². The van der Waals surface area contributed by atoms with Crippen LogP contribution in [0.1, 0.15) is 19.4 Å². The lowest BCUT2D eigenvalue weighted by Crippen LogP contribution is -2.47. The summed E-state index contributed by atoms with van der Waals surface area (Å²) in [5.41, 5.74) is 1.36. The van der Waals surface area contributed by atoms with Crippen molar-refractivity contribution in [2.24, 2.45) is 0 Å². The Morgan fingerprint density at radius 3 is 2.73 bits per heavy atom. The number of aliphatic hydroxyl groups excluding tert-OH is 1. The number of aliphatic hydroxyl groups is 1. The Hall–Kier alpha value is -1.79. The molecule has 6 nitrogen and oxygen atoms in total. The van der Waals surface area contributed by atoms with Crippen molar-refractivity contribution in [3.05, 3.63) is 17.7 Å². The normalized spacial score (nSPS) is 17.5. The van der Waals surface area contributed by atoms with Gasteiger partial charge in [-0.3, -0.25) is 4.79 Å². The predicted molar refractivity (Wildman–Crippen MR) is 84.5 cm³/mol. The molecule has 0 saturated carbocycles. The number of benzene rings is 1. The number of carbonyl (C=O) groups excluding carboxylic acids is 1. The van der Waals surface area contributed by atoms with Crippen LogP contribution < -0.4 is 14.4 Å². The minimum atomic E-state index is -0.547. The minimum Gasteiger partial charge on any atom is -0.490 e. The first-order chi connectivity index (χ1) is 10.5. The van der Waals surface area contributed by atoms with Gasteiger partial charge in [0.1, 0.15) is 0 Å². The highest BCUT2D eigenvalue weighted by molar-refractivity contribution is 6.00. The fourth-order valence-corrected chi connectivity index (χ4v) is 2.41. The van der Waals surface area contributed by atoms with Gasteiger partial charge in [0, 0.05) is 13.1 Å². The Morgan fingerprint density at radius 2 is 2.14 bits per heavy atom. The van der Waals surface area contributed by atoms with Crippen LogP contribution in [0.5, 0.6) is 11.5 Å². The zero-order valence-electron chi connectivity index (χ0n) is 13.6. The number of hydrogen-bond donors (Lipinski definition) is 1.